The Kier molecular flexibility index (Phi) is 7.99. The van der Waals surface area contributed by atoms with E-state index in [1.807, 2.05) is 12.3 Å². The van der Waals surface area contributed by atoms with Crippen LogP contribution in [0.2, 0.25) is 9.26 Å². The molecule has 1 aliphatic carbocycles. The van der Waals surface area contributed by atoms with Crippen LogP contribution in [0.15, 0.2) is 47.1 Å². The number of nitrogens with zero attached hydrogens (tertiary/aromatic N) is 1. The van der Waals surface area contributed by atoms with Crippen molar-refractivity contribution in [3.8, 4) is 0 Å². The fourth-order valence-electron chi connectivity index (χ4n) is 4.41. The number of fused-ring (bicyclic) bond motifs is 1. The van der Waals surface area contributed by atoms with Crippen molar-refractivity contribution in [1.82, 2.24) is 8.24 Å². The minimum absolute atomic E-state index is 0. The number of aromatic nitrogens is 1. The molecule has 0 saturated carbocycles. The van der Waals surface area contributed by atoms with Crippen molar-refractivity contribution < 1.29 is 17.7 Å². The van der Waals surface area contributed by atoms with E-state index in [1.165, 1.54) is 16.7 Å². The van der Waals surface area contributed by atoms with Gasteiger partial charge in [-0.3, -0.25) is 0 Å². The maximum Gasteiger partial charge on any atom is -0.147 e. The van der Waals surface area contributed by atoms with Crippen molar-refractivity contribution in [3.05, 3.63) is 63.9 Å². The number of allylic oxidation sites excluding steroid dienone is 1. The molecule has 0 saturated heterocycles. The molecule has 0 radical (unpaired) electrons. The molecule has 2 aromatic rings. The molecule has 3 rings (SSSR count). The third-order valence-electron chi connectivity index (χ3n) is 4.66. The van der Waals surface area contributed by atoms with Crippen LogP contribution in [0.1, 0.15) is 41.2 Å². The molecular formula is C20H29BrCl2N2SiZr. The Hall–Kier alpha value is 0.230. The van der Waals surface area contributed by atoms with Crippen molar-refractivity contribution in [1.29, 1.82) is 0 Å². The largest absolute Gasteiger partial charge is 0.147 e. The quantitative estimate of drug-likeness (QED) is 0.466. The molecule has 27 heavy (non-hydrogen) atoms. The first-order valence-electron chi connectivity index (χ1n) is 8.74. The van der Waals surface area contributed by atoms with Gasteiger partial charge in [0.25, 0.3) is 0 Å². The van der Waals surface area contributed by atoms with E-state index in [9.17, 15) is 0 Å². The topological polar surface area (TPSA) is 24.9 Å². The molecule has 0 bridgehead atoms. The van der Waals surface area contributed by atoms with Gasteiger partial charge < -0.3 is 0 Å². The first-order valence-corrected chi connectivity index (χ1v) is 23.0. The molecule has 1 aromatic heterocycles. The molecule has 1 aromatic carbocycles. The van der Waals surface area contributed by atoms with Crippen molar-refractivity contribution in [2.45, 2.75) is 39.2 Å². The van der Waals surface area contributed by atoms with Crippen LogP contribution in [-0.4, -0.2) is 17.4 Å². The summed E-state index contributed by atoms with van der Waals surface area (Å²) in [5.74, 6) is 0. The summed E-state index contributed by atoms with van der Waals surface area (Å²) in [7, 11) is 0. The van der Waals surface area contributed by atoms with E-state index >= 15 is 0 Å². The van der Waals surface area contributed by atoms with Crippen LogP contribution in [0.5, 0.6) is 0 Å². The predicted octanol–water partition coefficient (Wildman–Crippen LogP) is 5.92. The molecule has 1 N–H and O–H groups in total. The van der Waals surface area contributed by atoms with Gasteiger partial charge in [0.05, 0.1) is 0 Å². The van der Waals surface area contributed by atoms with E-state index in [0.717, 1.165) is 10.2 Å². The van der Waals surface area contributed by atoms with Crippen LogP contribution in [-0.2, 0) is 17.7 Å². The van der Waals surface area contributed by atoms with E-state index in [2.05, 4.69) is 92.5 Å². The fourth-order valence-corrected chi connectivity index (χ4v) is 23.0. The van der Waals surface area contributed by atoms with E-state index in [1.54, 1.807) is 0 Å². The second kappa shape index (κ2) is 8.53. The molecule has 2 nitrogen and oxygen atoms in total. The average Bonchev–Trinajstić information content (AvgIpc) is 2.84. The molecule has 0 amide bonds. The number of hydrogen-bond acceptors (Lipinski definition) is 2. The number of rotatable bonds is 3. The summed E-state index contributed by atoms with van der Waals surface area (Å²) < 4.78 is 10.7. The minimum Gasteiger partial charge on any atom is -0.147 e. The van der Waals surface area contributed by atoms with Gasteiger partial charge >= 0.3 is 163 Å². The first kappa shape index (κ1) is 25.3. The third kappa shape index (κ3) is 5.65. The van der Waals surface area contributed by atoms with Crippen LogP contribution in [0.3, 0.4) is 0 Å². The molecule has 0 spiro atoms. The van der Waals surface area contributed by atoms with E-state index in [4.69, 9.17) is 4.98 Å². The van der Waals surface area contributed by atoms with E-state index in [0.29, 0.717) is 3.63 Å². The molecule has 1 aliphatic rings. The van der Waals surface area contributed by atoms with Crippen LogP contribution >= 0.6 is 40.7 Å². The van der Waals surface area contributed by atoms with Gasteiger partial charge in [-0.15, -0.1) is 24.8 Å². The number of benzene rings is 1. The van der Waals surface area contributed by atoms with Crippen molar-refractivity contribution in [2.24, 2.45) is 0 Å². The Morgan fingerprint density at radius 2 is 1.74 bits per heavy atom. The number of halogens is 3. The summed E-state index contributed by atoms with van der Waals surface area (Å²) in [4.78, 5) is 4.71. The van der Waals surface area contributed by atoms with Gasteiger partial charge in [0, 0.05) is 0 Å². The first-order chi connectivity index (χ1) is 11.4. The van der Waals surface area contributed by atoms with Gasteiger partial charge in [0.1, 0.15) is 0 Å². The summed E-state index contributed by atoms with van der Waals surface area (Å²) >= 11 is 0.310. The second-order valence-electron chi connectivity index (χ2n) is 9.21. The van der Waals surface area contributed by atoms with Gasteiger partial charge in [0.2, 0.25) is 0 Å². The molecule has 1 heterocycles. The normalized spacial score (nSPS) is 16.7. The van der Waals surface area contributed by atoms with Crippen molar-refractivity contribution in [2.75, 3.05) is 0 Å². The van der Waals surface area contributed by atoms with Crippen LogP contribution in [0, 0.1) is 0 Å². The van der Waals surface area contributed by atoms with Gasteiger partial charge in [-0.25, -0.2) is 0 Å². The Bertz CT molecular complexity index is 932. The maximum absolute atomic E-state index is 4.71. The third-order valence-corrected chi connectivity index (χ3v) is 18.6. The zero-order valence-corrected chi connectivity index (χ0v) is 23.6. The summed E-state index contributed by atoms with van der Waals surface area (Å²) in [6, 6.07) is 13.0. The predicted molar refractivity (Wildman–Crippen MR) is 127 cm³/mol. The zero-order chi connectivity index (χ0) is 18.5. The van der Waals surface area contributed by atoms with Crippen LogP contribution < -0.4 is 3.26 Å². The van der Waals surface area contributed by atoms with Gasteiger partial charge in [-0.05, 0) is 0 Å². The molecule has 1 atom stereocenters. The Morgan fingerprint density at radius 1 is 1.11 bits per heavy atom. The summed E-state index contributed by atoms with van der Waals surface area (Å²) in [6.07, 6.45) is 4.25. The zero-order valence-electron chi connectivity index (χ0n) is 16.5. The molecule has 148 valence electrons. The molecule has 0 aliphatic heterocycles. The van der Waals surface area contributed by atoms with Gasteiger partial charge in [-0.1, -0.05) is 0 Å². The van der Waals surface area contributed by atoms with Crippen molar-refractivity contribution >= 4 is 59.3 Å². The summed E-state index contributed by atoms with van der Waals surface area (Å²) in [5, 5.41) is 0. The Morgan fingerprint density at radius 3 is 2.33 bits per heavy atom. The van der Waals surface area contributed by atoms with Crippen LogP contribution in [0.25, 0.3) is 11.6 Å². The molecule has 1 unspecified atom stereocenters. The van der Waals surface area contributed by atoms with Crippen LogP contribution in [0.4, 0.5) is 0 Å². The number of hydrogen-bond donors (Lipinski definition) is 1. The average molecular weight is 568 g/mol. The molecule has 0 fully saturated rings. The fraction of sp³-hybridized carbons (Fsp3) is 0.350. The monoisotopic (exact) mass is 564 g/mol. The second-order valence-corrected chi connectivity index (χ2v) is 38.8. The van der Waals surface area contributed by atoms with E-state index < -0.39 is 17.7 Å². The van der Waals surface area contributed by atoms with E-state index in [-0.39, 0.29) is 30.4 Å². The molecule has 7 heteroatoms. The summed E-state index contributed by atoms with van der Waals surface area (Å²) in [6.45, 7) is 9.10. The minimum atomic E-state index is -3.30. The smallest absolute Gasteiger partial charge is 0.147 e. The maximum atomic E-state index is 4.71. The number of nitrogens with one attached hydrogen (secondary N) is 1. The SMILES string of the molecule is CC(C)(C)[NH][Zr]([CH3])([CH3])(=[SiH2])[CH]1C(c2cc(Br)ccn2)=Cc2ccccc21.Cl.Cl. The van der Waals surface area contributed by atoms with Gasteiger partial charge in [-0.2, -0.15) is 0 Å². The summed E-state index contributed by atoms with van der Waals surface area (Å²) in [5.41, 5.74) is 5.35. The standard InChI is InChI=1S/C14H9BrN.C4H10N.2CH3.2ClH.H2Si.Zr/c15-13-5-6-16-14(9-13)12-7-10-3-1-2-4-11(10)8-12;1-4(2,3)5;;;;;;/h1-9H;5H,1-3H3;2*1H3;2*1H;1H2;/q;-1;;;;;;+1. The number of pyridine rings is 1. The van der Waals surface area contributed by atoms with Gasteiger partial charge in [0.15, 0.2) is 0 Å². The van der Waals surface area contributed by atoms with Crippen molar-refractivity contribution in [3.63, 3.8) is 0 Å². The Labute approximate surface area is 186 Å². The molecular weight excluding hydrogens is 538 g/mol. The Balaban J connectivity index is 0.00000182.